The highest BCUT2D eigenvalue weighted by Gasteiger charge is 2.30. The molecule has 162 valence electrons. The zero-order valence-corrected chi connectivity index (χ0v) is 17.9. The number of hydrogen-bond acceptors (Lipinski definition) is 6. The maximum absolute atomic E-state index is 12.6. The number of H-pyrrole nitrogens is 1. The van der Waals surface area contributed by atoms with Crippen LogP contribution in [0.1, 0.15) is 36.2 Å². The molecular weight excluding hydrogens is 394 g/mol. The number of hydrogen-bond donors (Lipinski definition) is 4. The lowest BCUT2D eigenvalue weighted by Gasteiger charge is -2.14. The number of hydrazone groups is 1. The van der Waals surface area contributed by atoms with E-state index in [1.165, 1.54) is 0 Å². The first kappa shape index (κ1) is 20.9. The number of benzene rings is 2. The second-order valence-electron chi connectivity index (χ2n) is 7.42. The van der Waals surface area contributed by atoms with Crippen molar-refractivity contribution in [3.63, 3.8) is 0 Å². The van der Waals surface area contributed by atoms with Crippen molar-refractivity contribution in [3.05, 3.63) is 59.3 Å². The van der Waals surface area contributed by atoms with Crippen molar-refractivity contribution in [1.29, 1.82) is 0 Å². The minimum atomic E-state index is -0.399. The number of aromatic amines is 1. The van der Waals surface area contributed by atoms with Crippen LogP contribution in [0.5, 0.6) is 11.5 Å². The van der Waals surface area contributed by atoms with Crippen molar-refractivity contribution in [2.45, 2.75) is 32.4 Å². The van der Waals surface area contributed by atoms with E-state index >= 15 is 0 Å². The van der Waals surface area contributed by atoms with Crippen LogP contribution in [0.3, 0.4) is 0 Å². The summed E-state index contributed by atoms with van der Waals surface area (Å²) >= 11 is 0. The summed E-state index contributed by atoms with van der Waals surface area (Å²) in [6, 6.07) is 13.4. The van der Waals surface area contributed by atoms with Gasteiger partial charge < -0.3 is 14.5 Å². The number of rotatable bonds is 7. The van der Waals surface area contributed by atoms with Crippen LogP contribution in [-0.2, 0) is 4.79 Å². The Morgan fingerprint density at radius 2 is 2.06 bits per heavy atom. The molecule has 0 radical (unpaired) electrons. The average molecular weight is 422 g/mol. The number of para-hydroxylation sites is 1. The first-order chi connectivity index (χ1) is 15.1. The minimum Gasteiger partial charge on any atom is -0.493 e. The number of ether oxygens (including phenoxy) is 2. The van der Waals surface area contributed by atoms with Crippen molar-refractivity contribution < 1.29 is 14.3 Å². The molecule has 0 aliphatic carbocycles. The zero-order chi connectivity index (χ0) is 21.8. The molecule has 2 aromatic carbocycles. The molecular formula is C23H27N5O3. The van der Waals surface area contributed by atoms with Crippen LogP contribution in [0.2, 0.25) is 0 Å². The van der Waals surface area contributed by atoms with Crippen LogP contribution in [0.15, 0.2) is 47.6 Å². The summed E-state index contributed by atoms with van der Waals surface area (Å²) < 4.78 is 11.0. The number of aryl methyl sites for hydroxylation is 1. The quantitative estimate of drug-likeness (QED) is 0.347. The number of carbonyl (C=O) groups excluding carboxylic acids is 1. The van der Waals surface area contributed by atoms with Gasteiger partial charge in [0.15, 0.2) is 11.5 Å². The van der Waals surface area contributed by atoms with Crippen LogP contribution in [0, 0.1) is 6.92 Å². The number of fused-ring (bicyclic) bond motifs is 1. The molecule has 4 rings (SSSR count). The smallest absolute Gasteiger partial charge is 0.258 e. The Balaban J connectivity index is 1.38. The Bertz CT molecular complexity index is 1110. The molecule has 1 fully saturated rings. The second-order valence-corrected chi connectivity index (χ2v) is 7.42. The maximum atomic E-state index is 12.6. The zero-order valence-electron chi connectivity index (χ0n) is 17.9. The summed E-state index contributed by atoms with van der Waals surface area (Å²) in [4.78, 5) is 15.9. The highest BCUT2D eigenvalue weighted by atomic mass is 16.5. The predicted octanol–water partition coefficient (Wildman–Crippen LogP) is 2.94. The second kappa shape index (κ2) is 9.20. The number of nitrogens with one attached hydrogen (secondary N) is 4. The molecule has 0 spiro atoms. The topological polar surface area (TPSA) is 99.8 Å². The molecule has 1 aliphatic rings. The monoisotopic (exact) mass is 421 g/mol. The molecule has 1 saturated heterocycles. The molecule has 8 nitrogen and oxygen atoms in total. The maximum Gasteiger partial charge on any atom is 0.258 e. The van der Waals surface area contributed by atoms with E-state index in [-0.39, 0.29) is 11.9 Å². The van der Waals surface area contributed by atoms with E-state index in [9.17, 15) is 4.79 Å². The van der Waals surface area contributed by atoms with Gasteiger partial charge in [-0.1, -0.05) is 24.3 Å². The number of methoxy groups -OCH3 is 1. The number of carbonyl (C=O) groups is 1. The van der Waals surface area contributed by atoms with E-state index in [4.69, 9.17) is 9.47 Å². The molecule has 2 heterocycles. The van der Waals surface area contributed by atoms with Crippen molar-refractivity contribution in [2.75, 3.05) is 13.7 Å². The summed E-state index contributed by atoms with van der Waals surface area (Å²) in [5.74, 6) is 1.19. The number of nitrogens with zero attached hydrogens (tertiary/aromatic N) is 1. The van der Waals surface area contributed by atoms with Gasteiger partial charge in [0.2, 0.25) is 0 Å². The standard InChI is InChI=1S/C23H27N5O3/c1-4-31-21-10-9-15(11-22(21)30-3)19-12-20(27-26-19)23(29)28-24-13-17-14(2)25-18-8-6-5-7-16(17)18/h5-11,13,19-20,25-27H,4,12H2,1-3H3,(H,28,29)/b24-13+. The van der Waals surface area contributed by atoms with Crippen LogP contribution >= 0.6 is 0 Å². The molecule has 3 aromatic rings. The van der Waals surface area contributed by atoms with Gasteiger partial charge in [-0.2, -0.15) is 5.10 Å². The molecule has 8 heteroatoms. The fourth-order valence-electron chi connectivity index (χ4n) is 3.83. The average Bonchev–Trinajstić information content (AvgIpc) is 3.39. The minimum absolute atomic E-state index is 0.0276. The van der Waals surface area contributed by atoms with E-state index < -0.39 is 6.04 Å². The van der Waals surface area contributed by atoms with Crippen molar-refractivity contribution in [1.82, 2.24) is 21.3 Å². The molecule has 0 saturated carbocycles. The summed E-state index contributed by atoms with van der Waals surface area (Å²) in [6.07, 6.45) is 2.27. The van der Waals surface area contributed by atoms with E-state index in [0.717, 1.165) is 27.7 Å². The highest BCUT2D eigenvalue weighted by Crippen LogP contribution is 2.32. The summed E-state index contributed by atoms with van der Waals surface area (Å²) in [5.41, 5.74) is 12.9. The van der Waals surface area contributed by atoms with E-state index in [1.807, 2.05) is 56.3 Å². The lowest BCUT2D eigenvalue weighted by Crippen LogP contribution is -2.41. The van der Waals surface area contributed by atoms with E-state index in [1.54, 1.807) is 13.3 Å². The molecule has 31 heavy (non-hydrogen) atoms. The molecule has 4 N–H and O–H groups in total. The van der Waals surface area contributed by atoms with Crippen molar-refractivity contribution in [2.24, 2.45) is 5.10 Å². The summed E-state index contributed by atoms with van der Waals surface area (Å²) in [5, 5.41) is 5.25. The third-order valence-corrected chi connectivity index (χ3v) is 5.42. The molecule has 2 unspecified atom stereocenters. The predicted molar refractivity (Wildman–Crippen MR) is 120 cm³/mol. The largest absolute Gasteiger partial charge is 0.493 e. The van der Waals surface area contributed by atoms with Gasteiger partial charge in [0.05, 0.1) is 19.9 Å². The fraction of sp³-hybridized carbons (Fsp3) is 0.304. The first-order valence-corrected chi connectivity index (χ1v) is 10.3. The Labute approximate surface area is 181 Å². The molecule has 0 bridgehead atoms. The number of amides is 1. The Hall–Kier alpha value is -3.36. The number of hydrazine groups is 1. The first-order valence-electron chi connectivity index (χ1n) is 10.3. The van der Waals surface area contributed by atoms with Crippen molar-refractivity contribution >= 4 is 23.0 Å². The van der Waals surface area contributed by atoms with Crippen LogP contribution in [0.4, 0.5) is 0 Å². The van der Waals surface area contributed by atoms with Crippen LogP contribution < -0.4 is 25.8 Å². The molecule has 1 amide bonds. The third kappa shape index (κ3) is 4.40. The van der Waals surface area contributed by atoms with E-state index in [2.05, 4.69) is 26.4 Å². The fourth-order valence-corrected chi connectivity index (χ4v) is 3.83. The van der Waals surface area contributed by atoms with Gasteiger partial charge in [0.25, 0.3) is 5.91 Å². The van der Waals surface area contributed by atoms with Gasteiger partial charge in [-0.15, -0.1) is 0 Å². The van der Waals surface area contributed by atoms with Crippen molar-refractivity contribution in [3.8, 4) is 11.5 Å². The van der Waals surface area contributed by atoms with Crippen LogP contribution in [0.25, 0.3) is 10.9 Å². The van der Waals surface area contributed by atoms with E-state index in [0.29, 0.717) is 24.5 Å². The lowest BCUT2D eigenvalue weighted by molar-refractivity contribution is -0.122. The SMILES string of the molecule is CCOc1ccc(C2CC(C(=O)N/N=C/c3c(C)[nH]c4ccccc34)NN2)cc1OC. The highest BCUT2D eigenvalue weighted by molar-refractivity contribution is 6.00. The van der Waals surface area contributed by atoms with Gasteiger partial charge in [-0.05, 0) is 44.0 Å². The van der Waals surface area contributed by atoms with Gasteiger partial charge in [-0.25, -0.2) is 16.3 Å². The van der Waals surface area contributed by atoms with Crippen LogP contribution in [-0.4, -0.2) is 36.9 Å². The third-order valence-electron chi connectivity index (χ3n) is 5.42. The summed E-state index contributed by atoms with van der Waals surface area (Å²) in [7, 11) is 1.62. The molecule has 1 aliphatic heterocycles. The van der Waals surface area contributed by atoms with Gasteiger partial charge in [-0.3, -0.25) is 4.79 Å². The Morgan fingerprint density at radius 1 is 1.23 bits per heavy atom. The molecule has 1 aromatic heterocycles. The number of aromatic nitrogens is 1. The van der Waals surface area contributed by atoms with Gasteiger partial charge >= 0.3 is 0 Å². The summed E-state index contributed by atoms with van der Waals surface area (Å²) in [6.45, 7) is 4.49. The lowest BCUT2D eigenvalue weighted by atomic mass is 10.0. The van der Waals surface area contributed by atoms with Gasteiger partial charge in [0.1, 0.15) is 6.04 Å². The Kier molecular flexibility index (Phi) is 6.20. The Morgan fingerprint density at radius 3 is 2.87 bits per heavy atom. The van der Waals surface area contributed by atoms with Gasteiger partial charge in [0, 0.05) is 28.2 Å². The normalized spacial score (nSPS) is 18.5. The molecule has 2 atom stereocenters.